The summed E-state index contributed by atoms with van der Waals surface area (Å²) in [4.78, 5) is 31.4. The maximum absolute atomic E-state index is 14.3. The molecule has 70 heavy (non-hydrogen) atoms. The third kappa shape index (κ3) is 13.8. The van der Waals surface area contributed by atoms with Gasteiger partial charge in [0, 0.05) is 18.1 Å². The van der Waals surface area contributed by atoms with Gasteiger partial charge in [-0.2, -0.15) is 0 Å². The number of nitrogens with zero attached hydrogens (tertiary/aromatic N) is 2. The summed E-state index contributed by atoms with van der Waals surface area (Å²) >= 11 is 0. The second-order valence-corrected chi connectivity index (χ2v) is 18.8. The zero-order valence-corrected chi connectivity index (χ0v) is 42.2. The first kappa shape index (κ1) is 53.6. The summed E-state index contributed by atoms with van der Waals surface area (Å²) in [7, 11) is 1.33. The summed E-state index contributed by atoms with van der Waals surface area (Å²) in [6.45, 7) is 19.5. The van der Waals surface area contributed by atoms with Crippen molar-refractivity contribution >= 4 is 20.5 Å². The second-order valence-electron chi connectivity index (χ2n) is 17.4. The average Bonchev–Trinajstić information content (AvgIpc) is 3.37. The third-order valence-corrected chi connectivity index (χ3v) is 13.7. The van der Waals surface area contributed by atoms with Crippen molar-refractivity contribution in [1.29, 1.82) is 0 Å². The van der Waals surface area contributed by atoms with E-state index >= 15 is 0 Å². The first-order valence-electron chi connectivity index (χ1n) is 23.6. The van der Waals surface area contributed by atoms with Gasteiger partial charge in [-0.3, -0.25) is 0 Å². The molecule has 0 radical (unpaired) electrons. The molecule has 372 valence electrons. The van der Waals surface area contributed by atoms with Gasteiger partial charge in [0.05, 0.1) is 44.6 Å². The minimum Gasteiger partial charge on any atom is -0.497 e. The van der Waals surface area contributed by atoms with E-state index in [4.69, 9.17) is 48.8 Å². The highest BCUT2D eigenvalue weighted by Gasteiger charge is 2.52. The van der Waals surface area contributed by atoms with E-state index in [2.05, 4.69) is 14.8 Å². The van der Waals surface area contributed by atoms with Crippen LogP contribution in [0.5, 0.6) is 11.5 Å². The molecule has 6 unspecified atom stereocenters. The molecule has 0 bridgehead atoms. The molecule has 14 nitrogen and oxygen atoms in total. The van der Waals surface area contributed by atoms with E-state index in [0.717, 1.165) is 16.7 Å². The Labute approximate surface area is 414 Å². The number of benzene rings is 5. The van der Waals surface area contributed by atoms with Crippen LogP contribution in [0.4, 0.5) is 0 Å². The van der Waals surface area contributed by atoms with Gasteiger partial charge >= 0.3 is 11.9 Å². The van der Waals surface area contributed by atoms with Crippen LogP contribution in [0.25, 0.3) is 4.85 Å². The van der Waals surface area contributed by atoms with Crippen LogP contribution in [-0.2, 0) is 38.3 Å². The van der Waals surface area contributed by atoms with Gasteiger partial charge in [0.25, 0.3) is 8.53 Å². The van der Waals surface area contributed by atoms with Crippen molar-refractivity contribution in [3.8, 4) is 11.5 Å². The van der Waals surface area contributed by atoms with Gasteiger partial charge in [-0.1, -0.05) is 105 Å². The van der Waals surface area contributed by atoms with Crippen molar-refractivity contribution in [3.63, 3.8) is 0 Å². The standard InChI is InChI=1S/C55H66N3O11P/c1-38(2)57-49-51(68-53(60)42-21-15-11-16-22-42)50(69-70(66-34-33-56-7)58(39(3)4)40(5)6)48(37-64-52(59)41-19-13-10-14-20-41)67-54(49)63-35-36-65-55(43-23-17-12-18-24-43,44-25-29-46(61-8)30-26-44)45-27-31-47(62-9)32-28-45/h10-32,38-40,48-51,54,57H,33-37H2,1-6,8-9H3. The van der Waals surface area contributed by atoms with Crippen molar-refractivity contribution in [2.45, 2.75) is 95.9 Å². The Morgan fingerprint density at radius 1 is 0.686 bits per heavy atom. The molecule has 6 rings (SSSR count). The number of rotatable bonds is 25. The van der Waals surface area contributed by atoms with E-state index in [1.165, 1.54) is 0 Å². The highest BCUT2D eigenvalue weighted by atomic mass is 31.2. The number of carbonyl (C=O) groups is 2. The molecule has 0 aromatic heterocycles. The molecule has 15 heteroatoms. The van der Waals surface area contributed by atoms with E-state index < -0.39 is 56.7 Å². The Bertz CT molecular complexity index is 2330. The molecule has 0 amide bonds. The second kappa shape index (κ2) is 26.5. The van der Waals surface area contributed by atoms with Gasteiger partial charge in [-0.05, 0) is 92.9 Å². The third-order valence-electron chi connectivity index (χ3n) is 11.5. The summed E-state index contributed by atoms with van der Waals surface area (Å²) < 4.78 is 60.0. The maximum Gasteiger partial charge on any atom is 0.338 e. The summed E-state index contributed by atoms with van der Waals surface area (Å²) in [6.07, 6.45) is -4.35. The Morgan fingerprint density at radius 2 is 1.20 bits per heavy atom. The molecule has 1 aliphatic rings. The zero-order chi connectivity index (χ0) is 50.0. The van der Waals surface area contributed by atoms with Gasteiger partial charge in [0.1, 0.15) is 42.5 Å². The number of carbonyl (C=O) groups excluding carboxylic acids is 2. The smallest absolute Gasteiger partial charge is 0.338 e. The molecular weight excluding hydrogens is 910 g/mol. The van der Waals surface area contributed by atoms with E-state index in [9.17, 15) is 9.59 Å². The molecule has 5 aromatic carbocycles. The van der Waals surface area contributed by atoms with Crippen LogP contribution in [0.1, 0.15) is 78.9 Å². The van der Waals surface area contributed by atoms with Gasteiger partial charge in [0.2, 0.25) is 6.54 Å². The number of ether oxygens (including phenoxy) is 7. The molecule has 1 N–H and O–H groups in total. The highest BCUT2D eigenvalue weighted by Crippen LogP contribution is 2.49. The van der Waals surface area contributed by atoms with Gasteiger partial charge in [0.15, 0.2) is 12.4 Å². The molecule has 5 aromatic rings. The molecule has 1 aliphatic heterocycles. The number of hydrogen-bond donors (Lipinski definition) is 1. The SMILES string of the molecule is [C-]#[N+]CCOP(OC1C(COC(=O)c2ccccc2)OC(OCCOC(c2ccccc2)(c2ccc(OC)cc2)c2ccc(OC)cc2)C(NC(C)C)C1OC(=O)c1ccccc1)N(C(C)C)C(C)C. The molecule has 0 spiro atoms. The van der Waals surface area contributed by atoms with Crippen LogP contribution >= 0.6 is 8.53 Å². The first-order chi connectivity index (χ1) is 33.9. The molecule has 1 fully saturated rings. The van der Waals surface area contributed by atoms with Crippen molar-refractivity contribution in [3.05, 3.63) is 179 Å². The molecule has 1 heterocycles. The van der Waals surface area contributed by atoms with Crippen LogP contribution in [0.2, 0.25) is 0 Å². The lowest BCUT2D eigenvalue weighted by molar-refractivity contribution is -0.270. The Kier molecular flexibility index (Phi) is 20.3. The molecule has 6 atom stereocenters. The Balaban J connectivity index is 1.40. The highest BCUT2D eigenvalue weighted by molar-refractivity contribution is 7.44. The Hall–Kier alpha value is -5.72. The maximum atomic E-state index is 14.3. The lowest BCUT2D eigenvalue weighted by Crippen LogP contribution is -2.66. The van der Waals surface area contributed by atoms with Crippen LogP contribution in [0, 0.1) is 6.57 Å². The number of methoxy groups -OCH3 is 2. The number of esters is 2. The topological polar surface area (TPSA) is 137 Å². The van der Waals surface area contributed by atoms with E-state index in [1.807, 2.05) is 133 Å². The van der Waals surface area contributed by atoms with Crippen molar-refractivity contribution in [2.75, 3.05) is 47.2 Å². The van der Waals surface area contributed by atoms with Gasteiger partial charge in [-0.25, -0.2) is 20.8 Å². The predicted molar refractivity (Wildman–Crippen MR) is 269 cm³/mol. The fourth-order valence-electron chi connectivity index (χ4n) is 8.42. The molecule has 1 saturated heterocycles. The van der Waals surface area contributed by atoms with Gasteiger partial charge < -0.3 is 52.4 Å². The van der Waals surface area contributed by atoms with Crippen molar-refractivity contribution in [1.82, 2.24) is 9.99 Å². The lowest BCUT2D eigenvalue weighted by atomic mass is 9.80. The summed E-state index contributed by atoms with van der Waals surface area (Å²) in [5.41, 5.74) is 2.11. The van der Waals surface area contributed by atoms with Crippen molar-refractivity contribution in [2.24, 2.45) is 0 Å². The van der Waals surface area contributed by atoms with Crippen LogP contribution < -0.4 is 14.8 Å². The predicted octanol–water partition coefficient (Wildman–Crippen LogP) is 9.87. The van der Waals surface area contributed by atoms with E-state index in [0.29, 0.717) is 22.6 Å². The van der Waals surface area contributed by atoms with Gasteiger partial charge in [-0.15, -0.1) is 0 Å². The zero-order valence-electron chi connectivity index (χ0n) is 41.3. The molecule has 0 saturated carbocycles. The summed E-state index contributed by atoms with van der Waals surface area (Å²) in [5, 5.41) is 3.57. The van der Waals surface area contributed by atoms with E-state index in [1.54, 1.807) is 62.8 Å². The monoisotopic (exact) mass is 975 g/mol. The quantitative estimate of drug-likeness (QED) is 0.0196. The van der Waals surface area contributed by atoms with Crippen LogP contribution in [-0.4, -0.2) is 113 Å². The fourth-order valence-corrected chi connectivity index (χ4v) is 10.2. The minimum atomic E-state index is -1.92. The largest absolute Gasteiger partial charge is 0.497 e. The average molecular weight is 976 g/mol. The van der Waals surface area contributed by atoms with Crippen molar-refractivity contribution < 1.29 is 51.8 Å². The lowest BCUT2D eigenvalue weighted by Gasteiger charge is -2.48. The number of nitrogens with one attached hydrogen (secondary N) is 1. The van der Waals surface area contributed by atoms with Crippen LogP contribution in [0.3, 0.4) is 0 Å². The minimum absolute atomic E-state index is 0.00412. The van der Waals surface area contributed by atoms with Crippen LogP contribution in [0.15, 0.2) is 140 Å². The van der Waals surface area contributed by atoms with E-state index in [-0.39, 0.29) is 51.1 Å². The first-order valence-corrected chi connectivity index (χ1v) is 24.7. The summed E-state index contributed by atoms with van der Waals surface area (Å²) in [6, 6.07) is 41.7. The Morgan fingerprint density at radius 3 is 1.70 bits per heavy atom. The number of hydrogen-bond acceptors (Lipinski definition) is 13. The molecular formula is C55H66N3O11P. The normalized spacial score (nSPS) is 18.6. The molecule has 0 aliphatic carbocycles. The fraction of sp³-hybridized carbons (Fsp3) is 0.400. The summed E-state index contributed by atoms with van der Waals surface area (Å²) in [5.74, 6) is 0.205.